The fourth-order valence-electron chi connectivity index (χ4n) is 8.44. The van der Waals surface area contributed by atoms with Gasteiger partial charge in [-0.25, -0.2) is 15.0 Å². The number of aliphatic hydroxyl groups excluding tert-OH is 2. The fraction of sp³-hybridized carbons (Fsp3) is 0.705. The molecule has 4 heterocycles. The Kier molecular flexibility index (Phi) is 23.3. The maximum atomic E-state index is 14.1. The Bertz CT molecular complexity index is 2210. The molecule has 29 heteroatoms. The van der Waals surface area contributed by atoms with E-state index in [-0.39, 0.29) is 94.4 Å². The lowest BCUT2D eigenvalue weighted by Crippen LogP contribution is -2.59. The second-order valence-electron chi connectivity index (χ2n) is 18.4. The number of aliphatic carboxylic acids is 1. The molecule has 11 atom stereocenters. The number of primary amides is 1. The zero-order valence-corrected chi connectivity index (χ0v) is 41.7. The predicted molar refractivity (Wildman–Crippen MR) is 265 cm³/mol. The van der Waals surface area contributed by atoms with Crippen molar-refractivity contribution in [1.29, 1.82) is 0 Å². The molecule has 2 saturated heterocycles. The molecule has 0 spiro atoms. The van der Waals surface area contributed by atoms with Gasteiger partial charge in [0.1, 0.15) is 66.4 Å². The largest absolute Gasteiger partial charge is 0.480 e. The van der Waals surface area contributed by atoms with Gasteiger partial charge in [-0.3, -0.25) is 48.0 Å². The molecule has 408 valence electrons. The average molecular weight is 1030 g/mol. The summed E-state index contributed by atoms with van der Waals surface area (Å²) in [7, 11) is 0. The van der Waals surface area contributed by atoms with Gasteiger partial charge in [0.25, 0.3) is 0 Å². The molecule has 0 bridgehead atoms. The Balaban J connectivity index is 1.41. The molecule has 0 unspecified atom stereocenters. The van der Waals surface area contributed by atoms with Gasteiger partial charge >= 0.3 is 5.97 Å². The number of carboxylic acids is 1. The maximum absolute atomic E-state index is 14.1. The van der Waals surface area contributed by atoms with Crippen LogP contribution in [0.3, 0.4) is 0 Å². The van der Waals surface area contributed by atoms with E-state index in [1.807, 2.05) is 6.92 Å². The van der Waals surface area contributed by atoms with Gasteiger partial charge in [-0.1, -0.05) is 20.3 Å². The van der Waals surface area contributed by atoms with Crippen LogP contribution in [0.4, 0.5) is 5.82 Å². The zero-order chi connectivity index (χ0) is 53.9. The van der Waals surface area contributed by atoms with Crippen molar-refractivity contribution in [1.82, 2.24) is 55.9 Å². The van der Waals surface area contributed by atoms with E-state index in [1.54, 1.807) is 11.8 Å². The van der Waals surface area contributed by atoms with E-state index in [1.165, 1.54) is 29.0 Å². The van der Waals surface area contributed by atoms with E-state index < -0.39 is 108 Å². The summed E-state index contributed by atoms with van der Waals surface area (Å²) in [6.07, 6.45) is 0.458. The number of fused-ring (bicyclic) bond motifs is 1. The van der Waals surface area contributed by atoms with Crippen molar-refractivity contribution in [2.75, 3.05) is 58.1 Å². The van der Waals surface area contributed by atoms with Crippen LogP contribution in [0.1, 0.15) is 84.8 Å². The van der Waals surface area contributed by atoms with Crippen LogP contribution in [0, 0.1) is 5.92 Å². The first-order chi connectivity index (χ1) is 34.7. The van der Waals surface area contributed by atoms with Crippen LogP contribution in [0.2, 0.25) is 0 Å². The van der Waals surface area contributed by atoms with Gasteiger partial charge in [0.15, 0.2) is 23.7 Å². The number of carbonyl (C=O) groups is 7. The molecule has 0 aliphatic carbocycles. The van der Waals surface area contributed by atoms with E-state index in [2.05, 4.69) is 46.5 Å². The Hall–Kier alpha value is -6.37. The molecule has 6 amide bonds. The highest BCUT2D eigenvalue weighted by Gasteiger charge is 2.45. The highest BCUT2D eigenvalue weighted by Crippen LogP contribution is 2.32. The lowest BCUT2D eigenvalue weighted by molar-refractivity contribution is -0.139. The minimum Gasteiger partial charge on any atom is -0.480 e. The van der Waals surface area contributed by atoms with Crippen molar-refractivity contribution in [3.05, 3.63) is 12.7 Å². The molecule has 20 N–H and O–H groups in total. The quantitative estimate of drug-likeness (QED) is 0.0190. The fourth-order valence-corrected chi connectivity index (χ4v) is 8.44. The molecule has 4 rings (SSSR count). The minimum absolute atomic E-state index is 0.0327. The summed E-state index contributed by atoms with van der Waals surface area (Å²) >= 11 is 0. The first-order valence-electron chi connectivity index (χ1n) is 24.6. The van der Waals surface area contributed by atoms with Crippen LogP contribution in [-0.2, 0) is 38.3 Å². The number of anilines is 1. The molecular formula is C44H76N18O11. The van der Waals surface area contributed by atoms with Crippen molar-refractivity contribution in [2.45, 2.75) is 139 Å². The molecule has 0 radical (unpaired) electrons. The summed E-state index contributed by atoms with van der Waals surface area (Å²) in [5, 5.41) is 45.4. The smallest absolute Gasteiger partial charge is 0.320 e. The second kappa shape index (κ2) is 28.8. The molecule has 29 nitrogen and oxygen atoms in total. The number of hydrogen-bond acceptors (Lipinski definition) is 19. The molecule has 2 fully saturated rings. The number of rotatable bonds is 31. The standard InChI is InChI=1S/C44H76N18O11/c1-4-23(2)31(41(70)56-24(3)36(48)66)59-39(68)27(10-7-14-52-44(49)50)57-38(67)26(9-5-6-13-45)58-40(69)28-11-8-16-61(28)30(63)19-51-15-18-60(17-12-25(46)43(71)72)20-29-33(64)34(65)42(73-29)62-22-55-32-35(47)53-21-54-37(32)62/h21-29,31,33-34,42,51,64-65H,4-20,45-46H2,1-3H3,(H2,48,66)(H,56,70)(H,57,67)(H,58,69)(H,59,68)(H,71,72)(H2,47,53,54)(H4,49,50,52)/t23-,24-,25-,26-,27-,28-,29+,31-,33+,34+,42+/m0/s1. The summed E-state index contributed by atoms with van der Waals surface area (Å²) in [5.41, 5.74) is 34.4. The topological polar surface area (TPSA) is 468 Å². The maximum Gasteiger partial charge on any atom is 0.320 e. The number of ether oxygens (including phenoxy) is 1. The summed E-state index contributed by atoms with van der Waals surface area (Å²) < 4.78 is 7.55. The van der Waals surface area contributed by atoms with Crippen LogP contribution < -0.4 is 61.0 Å². The molecule has 0 saturated carbocycles. The van der Waals surface area contributed by atoms with Crippen LogP contribution >= 0.6 is 0 Å². The lowest BCUT2D eigenvalue weighted by Gasteiger charge is -2.29. The van der Waals surface area contributed by atoms with Gasteiger partial charge in [0, 0.05) is 39.3 Å². The number of aliphatic imine (C=N–C) groups is 1. The first-order valence-corrected chi connectivity index (χ1v) is 24.6. The Labute approximate surface area is 422 Å². The van der Waals surface area contributed by atoms with Gasteiger partial charge in [-0.05, 0) is 70.8 Å². The number of hydrogen-bond donors (Lipinski definition) is 14. The number of carboxylic acid groups (broad SMARTS) is 1. The number of aromatic nitrogens is 4. The molecule has 2 aliphatic rings. The third kappa shape index (κ3) is 17.1. The number of nitrogen functional groups attached to an aromatic ring is 1. The third-order valence-corrected chi connectivity index (χ3v) is 13.0. The zero-order valence-electron chi connectivity index (χ0n) is 41.7. The first kappa shape index (κ1) is 59.2. The van der Waals surface area contributed by atoms with Gasteiger partial charge in [-0.2, -0.15) is 0 Å². The molecule has 2 aliphatic heterocycles. The Morgan fingerprint density at radius 2 is 1.60 bits per heavy atom. The monoisotopic (exact) mass is 1030 g/mol. The number of nitrogens with one attached hydrogen (secondary N) is 5. The normalized spacial score (nSPS) is 21.2. The van der Waals surface area contributed by atoms with Crippen molar-refractivity contribution >= 4 is 64.4 Å². The Morgan fingerprint density at radius 1 is 0.904 bits per heavy atom. The molecule has 0 aromatic carbocycles. The van der Waals surface area contributed by atoms with Gasteiger partial charge in [0.05, 0.1) is 12.9 Å². The lowest BCUT2D eigenvalue weighted by atomic mass is 9.97. The minimum atomic E-state index is -1.40. The van der Waals surface area contributed by atoms with Crippen molar-refractivity contribution < 1.29 is 53.6 Å². The van der Waals surface area contributed by atoms with Crippen molar-refractivity contribution in [3.8, 4) is 0 Å². The second-order valence-corrected chi connectivity index (χ2v) is 18.4. The van der Waals surface area contributed by atoms with Gasteiger partial charge in [-0.15, -0.1) is 0 Å². The van der Waals surface area contributed by atoms with E-state index in [0.717, 1.165) is 0 Å². The number of guanidine groups is 1. The molecule has 2 aromatic heterocycles. The number of unbranched alkanes of at least 4 members (excludes halogenated alkanes) is 1. The molecule has 73 heavy (non-hydrogen) atoms. The van der Waals surface area contributed by atoms with Crippen molar-refractivity contribution in [2.24, 2.45) is 39.6 Å². The number of amides is 6. The van der Waals surface area contributed by atoms with Gasteiger partial charge in [0.2, 0.25) is 35.4 Å². The highest BCUT2D eigenvalue weighted by atomic mass is 16.6. The summed E-state index contributed by atoms with van der Waals surface area (Å²) in [6.45, 7) is 6.06. The van der Waals surface area contributed by atoms with E-state index in [0.29, 0.717) is 38.6 Å². The van der Waals surface area contributed by atoms with E-state index in [9.17, 15) is 48.9 Å². The molecule has 2 aromatic rings. The number of aliphatic hydroxyl groups is 2. The van der Waals surface area contributed by atoms with Crippen LogP contribution in [0.5, 0.6) is 0 Å². The number of carbonyl (C=O) groups excluding carboxylic acids is 6. The number of nitrogens with two attached hydrogens (primary N) is 6. The highest BCUT2D eigenvalue weighted by molar-refractivity contribution is 5.96. The Morgan fingerprint density at radius 3 is 2.27 bits per heavy atom. The third-order valence-electron chi connectivity index (χ3n) is 13.0. The number of imidazole rings is 1. The summed E-state index contributed by atoms with van der Waals surface area (Å²) in [4.78, 5) is 112. The predicted octanol–water partition coefficient (Wildman–Crippen LogP) is -5.61. The number of nitrogens with zero attached hydrogens (tertiary/aromatic N) is 7. The average Bonchev–Trinajstić information content (AvgIpc) is 4.09. The van der Waals surface area contributed by atoms with Crippen molar-refractivity contribution in [3.63, 3.8) is 0 Å². The summed E-state index contributed by atoms with van der Waals surface area (Å²) in [5.74, 6) is -5.45. The van der Waals surface area contributed by atoms with Crippen LogP contribution in [0.15, 0.2) is 17.6 Å². The van der Waals surface area contributed by atoms with Crippen LogP contribution in [-0.4, -0.2) is 199 Å². The molecular weight excluding hydrogens is 957 g/mol. The van der Waals surface area contributed by atoms with E-state index >= 15 is 0 Å². The summed E-state index contributed by atoms with van der Waals surface area (Å²) in [6, 6.07) is -6.62. The number of likely N-dealkylation sites (tertiary alicyclic amines) is 1. The SMILES string of the molecule is CC[C@H](C)[C@H](NC(=O)[C@H](CCCN=C(N)N)NC(=O)[C@H](CCCCN)NC(=O)[C@@H]1CCCN1C(=O)CNCCN(CC[C@H](N)C(=O)O)C[C@H]1O[C@@H](n2cnc3c(N)ncnc32)[C@H](O)[C@@H]1O)C(=O)N[C@@H](C)C(N)=O. The van der Waals surface area contributed by atoms with Crippen LogP contribution in [0.25, 0.3) is 11.2 Å². The van der Waals surface area contributed by atoms with E-state index in [4.69, 9.17) is 39.1 Å². The van der Waals surface area contributed by atoms with Gasteiger partial charge < -0.3 is 85.9 Å².